The van der Waals surface area contributed by atoms with Gasteiger partial charge >= 0.3 is 5.69 Å². The molecule has 0 radical (unpaired) electrons. The minimum atomic E-state index is -0.269. The first kappa shape index (κ1) is 17.2. The molecule has 2 aromatic heterocycles. The molecule has 0 atom stereocenters. The maximum Gasteiger partial charge on any atom is 0.329 e. The second-order valence-corrected chi connectivity index (χ2v) is 6.54. The molecule has 8 heteroatoms. The summed E-state index contributed by atoms with van der Waals surface area (Å²) in [5.41, 5.74) is 1.03. The van der Waals surface area contributed by atoms with Crippen LogP contribution >= 0.6 is 0 Å². The van der Waals surface area contributed by atoms with Crippen LogP contribution in [0.1, 0.15) is 38.5 Å². The quantitative estimate of drug-likeness (QED) is 0.846. The molecule has 0 spiro atoms. The molecule has 25 heavy (non-hydrogen) atoms. The fraction of sp³-hybridized carbons (Fsp3) is 0.529. The summed E-state index contributed by atoms with van der Waals surface area (Å²) in [5.74, 6) is 0.0140. The van der Waals surface area contributed by atoms with Crippen LogP contribution in [0.3, 0.4) is 0 Å². The van der Waals surface area contributed by atoms with Crippen molar-refractivity contribution in [3.63, 3.8) is 0 Å². The monoisotopic (exact) mass is 345 g/mol. The van der Waals surface area contributed by atoms with Gasteiger partial charge in [-0.25, -0.2) is 9.78 Å². The van der Waals surface area contributed by atoms with Crippen molar-refractivity contribution in [1.29, 1.82) is 0 Å². The number of carbonyl (C=O) groups excluding carboxylic acids is 2. The Morgan fingerprint density at radius 3 is 2.52 bits per heavy atom. The molecule has 0 unspecified atom stereocenters. The molecular formula is C17H23N5O3. The number of anilines is 1. The van der Waals surface area contributed by atoms with Crippen LogP contribution in [0.4, 0.5) is 5.82 Å². The molecule has 1 saturated carbocycles. The smallest absolute Gasteiger partial charge is 0.329 e. The Balaban J connectivity index is 1.57. The number of amides is 2. The molecule has 0 bridgehead atoms. The minimum absolute atomic E-state index is 0.0871. The largest absolute Gasteiger partial charge is 0.353 e. The van der Waals surface area contributed by atoms with E-state index in [0.717, 1.165) is 25.7 Å². The Bertz CT molecular complexity index is 861. The highest BCUT2D eigenvalue weighted by Crippen LogP contribution is 2.18. The van der Waals surface area contributed by atoms with Crippen LogP contribution in [0, 0.1) is 0 Å². The molecule has 3 rings (SSSR count). The lowest BCUT2D eigenvalue weighted by Gasteiger charge is -2.11. The maximum atomic E-state index is 12.0. The van der Waals surface area contributed by atoms with Crippen molar-refractivity contribution >= 4 is 28.8 Å². The van der Waals surface area contributed by atoms with Gasteiger partial charge in [0.05, 0.1) is 5.52 Å². The van der Waals surface area contributed by atoms with Crippen molar-refractivity contribution in [2.24, 2.45) is 14.1 Å². The van der Waals surface area contributed by atoms with E-state index in [1.165, 1.54) is 9.13 Å². The summed E-state index contributed by atoms with van der Waals surface area (Å²) in [7, 11) is 3.31. The summed E-state index contributed by atoms with van der Waals surface area (Å²) >= 11 is 0. The second kappa shape index (κ2) is 7.08. The molecule has 8 nitrogen and oxygen atoms in total. The van der Waals surface area contributed by atoms with Gasteiger partial charge in [0.15, 0.2) is 5.65 Å². The van der Waals surface area contributed by atoms with Crippen LogP contribution < -0.4 is 16.3 Å². The third-order valence-electron chi connectivity index (χ3n) is 4.67. The summed E-state index contributed by atoms with van der Waals surface area (Å²) in [6, 6.07) is 3.66. The lowest BCUT2D eigenvalue weighted by atomic mass is 10.2. The number of rotatable bonds is 5. The number of aryl methyl sites for hydroxylation is 2. The van der Waals surface area contributed by atoms with Crippen LogP contribution in [-0.4, -0.2) is 32.0 Å². The van der Waals surface area contributed by atoms with Crippen molar-refractivity contribution in [1.82, 2.24) is 19.4 Å². The first-order valence-corrected chi connectivity index (χ1v) is 8.57. The van der Waals surface area contributed by atoms with Crippen molar-refractivity contribution in [3.05, 3.63) is 22.6 Å². The molecule has 134 valence electrons. The number of pyridine rings is 1. The van der Waals surface area contributed by atoms with Crippen LogP contribution in [0.2, 0.25) is 0 Å². The van der Waals surface area contributed by atoms with Gasteiger partial charge in [-0.2, -0.15) is 0 Å². The molecule has 2 aromatic rings. The van der Waals surface area contributed by atoms with E-state index in [1.54, 1.807) is 26.2 Å². The number of nitrogens with zero attached hydrogens (tertiary/aromatic N) is 3. The fourth-order valence-electron chi connectivity index (χ4n) is 3.24. The van der Waals surface area contributed by atoms with E-state index < -0.39 is 0 Å². The maximum absolute atomic E-state index is 12.0. The van der Waals surface area contributed by atoms with Gasteiger partial charge in [-0.3, -0.25) is 18.7 Å². The Morgan fingerprint density at radius 1 is 1.12 bits per heavy atom. The van der Waals surface area contributed by atoms with Crippen LogP contribution in [0.5, 0.6) is 0 Å². The lowest BCUT2D eigenvalue weighted by molar-refractivity contribution is -0.124. The number of nitrogens with one attached hydrogen (secondary N) is 2. The molecule has 1 aliphatic carbocycles. The number of imidazole rings is 1. The molecule has 0 aromatic carbocycles. The van der Waals surface area contributed by atoms with Crippen molar-refractivity contribution < 1.29 is 9.59 Å². The number of hydrogen-bond donors (Lipinski definition) is 2. The first-order chi connectivity index (χ1) is 12.0. The summed E-state index contributed by atoms with van der Waals surface area (Å²) in [6.45, 7) is 0. The third-order valence-corrected chi connectivity index (χ3v) is 4.67. The molecule has 0 aliphatic heterocycles. The fourth-order valence-corrected chi connectivity index (χ4v) is 3.24. The van der Waals surface area contributed by atoms with E-state index >= 15 is 0 Å². The van der Waals surface area contributed by atoms with Gasteiger partial charge in [-0.05, 0) is 25.0 Å². The van der Waals surface area contributed by atoms with Crippen molar-refractivity contribution in [2.45, 2.75) is 44.6 Å². The van der Waals surface area contributed by atoms with E-state index in [-0.39, 0.29) is 36.4 Å². The molecular weight excluding hydrogens is 322 g/mol. The third kappa shape index (κ3) is 3.72. The van der Waals surface area contributed by atoms with Gasteiger partial charge in [-0.15, -0.1) is 0 Å². The molecule has 0 saturated heterocycles. The molecule has 1 aliphatic rings. The van der Waals surface area contributed by atoms with Gasteiger partial charge in [0, 0.05) is 33.0 Å². The highest BCUT2D eigenvalue weighted by atomic mass is 16.2. The number of carbonyl (C=O) groups is 2. The average molecular weight is 345 g/mol. The zero-order valence-electron chi connectivity index (χ0n) is 14.5. The molecule has 2 heterocycles. The summed E-state index contributed by atoms with van der Waals surface area (Å²) in [5, 5.41) is 5.65. The van der Waals surface area contributed by atoms with E-state index in [0.29, 0.717) is 17.0 Å². The van der Waals surface area contributed by atoms with Gasteiger partial charge in [0.25, 0.3) is 0 Å². The van der Waals surface area contributed by atoms with Crippen LogP contribution in [0.15, 0.2) is 16.9 Å². The predicted octanol–water partition coefficient (Wildman–Crippen LogP) is 1.05. The number of aromatic nitrogens is 3. The standard InChI is InChI=1S/C17H23N5O3/c1-21-12-7-8-13(20-16(12)22(2)17(21)25)19-15(24)10-9-14(23)18-11-5-3-4-6-11/h7-8,11H,3-6,9-10H2,1-2H3,(H,18,23)(H,19,20,24). The van der Waals surface area contributed by atoms with Crippen LogP contribution in [0.25, 0.3) is 11.2 Å². The first-order valence-electron chi connectivity index (χ1n) is 8.57. The SMILES string of the molecule is Cn1c(=O)n(C)c2nc(NC(=O)CCC(=O)NC3CCCC3)ccc21. The summed E-state index contributed by atoms with van der Waals surface area (Å²) < 4.78 is 2.93. The highest BCUT2D eigenvalue weighted by molar-refractivity contribution is 5.93. The highest BCUT2D eigenvalue weighted by Gasteiger charge is 2.17. The zero-order valence-corrected chi connectivity index (χ0v) is 14.5. The van der Waals surface area contributed by atoms with Crippen molar-refractivity contribution in [2.75, 3.05) is 5.32 Å². The predicted molar refractivity (Wildman–Crippen MR) is 94.2 cm³/mol. The Kier molecular flexibility index (Phi) is 4.87. The Labute approximate surface area is 145 Å². The van der Waals surface area contributed by atoms with E-state index in [1.807, 2.05) is 0 Å². The second-order valence-electron chi connectivity index (χ2n) is 6.54. The minimum Gasteiger partial charge on any atom is -0.353 e. The van der Waals surface area contributed by atoms with Gasteiger partial charge in [0.1, 0.15) is 5.82 Å². The summed E-state index contributed by atoms with van der Waals surface area (Å²) in [4.78, 5) is 40.1. The summed E-state index contributed by atoms with van der Waals surface area (Å²) in [6.07, 6.45) is 4.62. The van der Waals surface area contributed by atoms with E-state index in [9.17, 15) is 14.4 Å². The molecule has 2 N–H and O–H groups in total. The zero-order chi connectivity index (χ0) is 18.0. The number of hydrogen-bond acceptors (Lipinski definition) is 4. The lowest BCUT2D eigenvalue weighted by Crippen LogP contribution is -2.33. The number of fused-ring (bicyclic) bond motifs is 1. The van der Waals surface area contributed by atoms with Gasteiger partial charge < -0.3 is 10.6 Å². The van der Waals surface area contributed by atoms with E-state index in [4.69, 9.17) is 0 Å². The van der Waals surface area contributed by atoms with Crippen LogP contribution in [-0.2, 0) is 23.7 Å². The van der Waals surface area contributed by atoms with Crippen molar-refractivity contribution in [3.8, 4) is 0 Å². The Hall–Kier alpha value is -2.64. The Morgan fingerprint density at radius 2 is 1.80 bits per heavy atom. The van der Waals surface area contributed by atoms with Gasteiger partial charge in [0.2, 0.25) is 11.8 Å². The molecule has 2 amide bonds. The van der Waals surface area contributed by atoms with Gasteiger partial charge in [-0.1, -0.05) is 12.8 Å². The molecule has 1 fully saturated rings. The topological polar surface area (TPSA) is 98.0 Å². The van der Waals surface area contributed by atoms with E-state index in [2.05, 4.69) is 15.6 Å². The normalized spacial score (nSPS) is 14.8. The average Bonchev–Trinajstić information content (AvgIpc) is 3.17.